The third-order valence-corrected chi connectivity index (χ3v) is 4.35. The molecule has 3 rings (SSSR count). The lowest BCUT2D eigenvalue weighted by molar-refractivity contribution is 0.0170. The number of morpholine rings is 1. The quantitative estimate of drug-likeness (QED) is 0.656. The smallest absolute Gasteiger partial charge is 0.122 e. The van der Waals surface area contributed by atoms with E-state index in [4.69, 9.17) is 14.2 Å². The summed E-state index contributed by atoms with van der Waals surface area (Å²) in [6, 6.07) is 18.7. The van der Waals surface area contributed by atoms with Gasteiger partial charge in [-0.05, 0) is 17.2 Å². The highest BCUT2D eigenvalue weighted by atomic mass is 16.5. The second kappa shape index (κ2) is 10.2. The van der Waals surface area contributed by atoms with Crippen molar-refractivity contribution in [2.75, 3.05) is 52.7 Å². The van der Waals surface area contributed by atoms with Crippen LogP contribution in [0.5, 0.6) is 5.75 Å². The summed E-state index contributed by atoms with van der Waals surface area (Å²) in [6.07, 6.45) is 0.884. The summed E-state index contributed by atoms with van der Waals surface area (Å²) in [5, 5.41) is 0. The maximum atomic E-state index is 5.94. The predicted octanol–water partition coefficient (Wildman–Crippen LogP) is 3.01. The molecule has 1 fully saturated rings. The van der Waals surface area contributed by atoms with Crippen molar-refractivity contribution >= 4 is 0 Å². The van der Waals surface area contributed by atoms with Gasteiger partial charge in [-0.2, -0.15) is 0 Å². The molecule has 1 aliphatic heterocycles. The molecule has 0 saturated carbocycles. The first-order valence-electron chi connectivity index (χ1n) is 9.04. The topological polar surface area (TPSA) is 30.9 Å². The van der Waals surface area contributed by atoms with E-state index in [1.54, 1.807) is 0 Å². The Morgan fingerprint density at radius 3 is 2.44 bits per heavy atom. The molecule has 2 aromatic carbocycles. The van der Waals surface area contributed by atoms with Crippen molar-refractivity contribution < 1.29 is 14.2 Å². The van der Waals surface area contributed by atoms with E-state index < -0.39 is 0 Å². The third-order valence-electron chi connectivity index (χ3n) is 4.35. The first kappa shape index (κ1) is 17.9. The molecule has 0 spiro atoms. The van der Waals surface area contributed by atoms with Crippen LogP contribution in [0.4, 0.5) is 0 Å². The summed E-state index contributed by atoms with van der Waals surface area (Å²) >= 11 is 0. The summed E-state index contributed by atoms with van der Waals surface area (Å²) in [6.45, 7) is 6.59. The summed E-state index contributed by atoms with van der Waals surface area (Å²) in [5.74, 6) is 0.947. The number of rotatable bonds is 9. The van der Waals surface area contributed by atoms with Crippen LogP contribution >= 0.6 is 0 Å². The van der Waals surface area contributed by atoms with Crippen molar-refractivity contribution in [1.29, 1.82) is 0 Å². The lowest BCUT2D eigenvalue weighted by Gasteiger charge is -2.26. The van der Waals surface area contributed by atoms with Gasteiger partial charge < -0.3 is 14.2 Å². The van der Waals surface area contributed by atoms with E-state index >= 15 is 0 Å². The van der Waals surface area contributed by atoms with Crippen LogP contribution in [0.15, 0.2) is 54.6 Å². The molecule has 0 aliphatic carbocycles. The average Bonchev–Trinajstić information content (AvgIpc) is 2.67. The summed E-state index contributed by atoms with van der Waals surface area (Å²) in [7, 11) is 0. The van der Waals surface area contributed by atoms with Gasteiger partial charge in [-0.1, -0.05) is 48.5 Å². The Balaban J connectivity index is 1.38. The zero-order valence-electron chi connectivity index (χ0n) is 14.7. The van der Waals surface area contributed by atoms with Crippen molar-refractivity contribution in [2.45, 2.75) is 6.42 Å². The van der Waals surface area contributed by atoms with E-state index in [9.17, 15) is 0 Å². The molecular weight excluding hydrogens is 314 g/mol. The van der Waals surface area contributed by atoms with E-state index in [2.05, 4.69) is 41.3 Å². The molecule has 4 heteroatoms. The first-order chi connectivity index (χ1) is 12.4. The molecule has 0 N–H and O–H groups in total. The number of nitrogens with zero attached hydrogens (tertiary/aromatic N) is 1. The molecule has 0 amide bonds. The lowest BCUT2D eigenvalue weighted by atomic mass is 10.0. The van der Waals surface area contributed by atoms with Gasteiger partial charge in [0.05, 0.1) is 26.4 Å². The highest BCUT2D eigenvalue weighted by molar-refractivity contribution is 5.37. The van der Waals surface area contributed by atoms with Crippen molar-refractivity contribution in [3.8, 4) is 5.75 Å². The first-order valence-corrected chi connectivity index (χ1v) is 9.04. The molecule has 0 aromatic heterocycles. The van der Waals surface area contributed by atoms with Crippen LogP contribution in [-0.2, 0) is 15.9 Å². The SMILES string of the molecule is c1ccc(Cc2ccccc2OCCOCCN2CCOCC2)cc1. The standard InChI is InChI=1S/C21H27NO3/c1-2-6-19(7-3-1)18-20-8-4-5-9-21(20)25-17-16-24-15-12-22-10-13-23-14-11-22/h1-9H,10-18H2. The molecule has 1 heterocycles. The van der Waals surface area contributed by atoms with Crippen molar-refractivity contribution in [3.63, 3.8) is 0 Å². The maximum Gasteiger partial charge on any atom is 0.122 e. The van der Waals surface area contributed by atoms with Gasteiger partial charge in [0.1, 0.15) is 12.4 Å². The summed E-state index contributed by atoms with van der Waals surface area (Å²) in [4.78, 5) is 2.37. The zero-order chi connectivity index (χ0) is 17.2. The molecule has 4 nitrogen and oxygen atoms in total. The largest absolute Gasteiger partial charge is 0.491 e. The maximum absolute atomic E-state index is 5.94. The highest BCUT2D eigenvalue weighted by Crippen LogP contribution is 2.21. The van der Waals surface area contributed by atoms with Gasteiger partial charge in [-0.3, -0.25) is 4.90 Å². The molecule has 0 radical (unpaired) electrons. The Morgan fingerprint density at radius 2 is 1.60 bits per heavy atom. The highest BCUT2D eigenvalue weighted by Gasteiger charge is 2.09. The van der Waals surface area contributed by atoms with Crippen LogP contribution in [0.3, 0.4) is 0 Å². The number of benzene rings is 2. The number of hydrogen-bond donors (Lipinski definition) is 0. The fourth-order valence-corrected chi connectivity index (χ4v) is 2.94. The second-order valence-corrected chi connectivity index (χ2v) is 6.18. The molecule has 0 unspecified atom stereocenters. The predicted molar refractivity (Wildman–Crippen MR) is 99.3 cm³/mol. The van der Waals surface area contributed by atoms with E-state index in [-0.39, 0.29) is 0 Å². The van der Waals surface area contributed by atoms with Crippen molar-refractivity contribution in [1.82, 2.24) is 4.90 Å². The van der Waals surface area contributed by atoms with E-state index in [0.29, 0.717) is 13.2 Å². The van der Waals surface area contributed by atoms with Crippen molar-refractivity contribution in [2.24, 2.45) is 0 Å². The lowest BCUT2D eigenvalue weighted by Crippen LogP contribution is -2.38. The fourth-order valence-electron chi connectivity index (χ4n) is 2.94. The van der Waals surface area contributed by atoms with Gasteiger partial charge in [0.15, 0.2) is 0 Å². The fraction of sp³-hybridized carbons (Fsp3) is 0.429. The molecule has 25 heavy (non-hydrogen) atoms. The molecular formula is C21H27NO3. The van der Waals surface area contributed by atoms with Gasteiger partial charge >= 0.3 is 0 Å². The Kier molecular flexibility index (Phi) is 7.31. The van der Waals surface area contributed by atoms with Crippen LogP contribution < -0.4 is 4.74 Å². The number of para-hydroxylation sites is 1. The molecule has 1 aliphatic rings. The van der Waals surface area contributed by atoms with Gasteiger partial charge in [-0.15, -0.1) is 0 Å². The summed E-state index contributed by atoms with van der Waals surface area (Å²) < 4.78 is 17.0. The van der Waals surface area contributed by atoms with E-state index in [1.165, 1.54) is 11.1 Å². The molecule has 134 valence electrons. The van der Waals surface area contributed by atoms with Crippen LogP contribution in [0.1, 0.15) is 11.1 Å². The van der Waals surface area contributed by atoms with Crippen LogP contribution in [0.2, 0.25) is 0 Å². The van der Waals surface area contributed by atoms with E-state index in [1.807, 2.05) is 18.2 Å². The van der Waals surface area contributed by atoms with Crippen LogP contribution in [0, 0.1) is 0 Å². The normalized spacial score (nSPS) is 15.2. The molecule has 2 aromatic rings. The minimum absolute atomic E-state index is 0.578. The van der Waals surface area contributed by atoms with Gasteiger partial charge in [-0.25, -0.2) is 0 Å². The molecule has 0 atom stereocenters. The Morgan fingerprint density at radius 1 is 0.840 bits per heavy atom. The third kappa shape index (κ3) is 6.16. The monoisotopic (exact) mass is 341 g/mol. The summed E-state index contributed by atoms with van der Waals surface area (Å²) in [5.41, 5.74) is 2.50. The van der Waals surface area contributed by atoms with Crippen LogP contribution in [0.25, 0.3) is 0 Å². The van der Waals surface area contributed by atoms with Gasteiger partial charge in [0, 0.05) is 26.1 Å². The number of ether oxygens (including phenoxy) is 3. The zero-order valence-corrected chi connectivity index (χ0v) is 14.7. The number of hydrogen-bond acceptors (Lipinski definition) is 4. The minimum Gasteiger partial charge on any atom is -0.491 e. The minimum atomic E-state index is 0.578. The molecule has 0 bridgehead atoms. The molecule has 1 saturated heterocycles. The average molecular weight is 341 g/mol. The Labute approximate surface area is 150 Å². The second-order valence-electron chi connectivity index (χ2n) is 6.18. The van der Waals surface area contributed by atoms with Gasteiger partial charge in [0.25, 0.3) is 0 Å². The Hall–Kier alpha value is -1.88. The van der Waals surface area contributed by atoms with E-state index in [0.717, 1.165) is 51.6 Å². The van der Waals surface area contributed by atoms with Crippen molar-refractivity contribution in [3.05, 3.63) is 65.7 Å². The Bertz CT molecular complexity index is 612. The van der Waals surface area contributed by atoms with Gasteiger partial charge in [0.2, 0.25) is 0 Å². The van der Waals surface area contributed by atoms with Crippen LogP contribution in [-0.4, -0.2) is 57.6 Å².